The van der Waals surface area contributed by atoms with Gasteiger partial charge in [-0.1, -0.05) is 0 Å². The molecule has 6 nitrogen and oxygen atoms in total. The summed E-state index contributed by atoms with van der Waals surface area (Å²) in [7, 11) is 0. The number of rotatable bonds is 5. The molecule has 0 aliphatic carbocycles. The first-order valence-corrected chi connectivity index (χ1v) is 5.83. The highest BCUT2D eigenvalue weighted by molar-refractivity contribution is 5.79. The van der Waals surface area contributed by atoms with Crippen molar-refractivity contribution in [2.45, 2.75) is 31.8 Å². The number of carboxylic acids is 1. The number of aliphatic hydroxyl groups is 1. The van der Waals surface area contributed by atoms with E-state index in [0.717, 1.165) is 19.4 Å². The van der Waals surface area contributed by atoms with E-state index in [4.69, 9.17) is 5.11 Å². The van der Waals surface area contributed by atoms with Crippen LogP contribution in [0, 0.1) is 5.92 Å². The molecule has 0 aromatic rings. The van der Waals surface area contributed by atoms with Crippen molar-refractivity contribution in [2.24, 2.45) is 5.92 Å². The minimum Gasteiger partial charge on any atom is -0.481 e. The molecule has 6 heteroatoms. The minimum atomic E-state index is -1.40. The number of hydrogen-bond donors (Lipinski definition) is 4. The van der Waals surface area contributed by atoms with E-state index < -0.39 is 11.6 Å². The molecule has 2 atom stereocenters. The molecular weight excluding hydrogens is 224 g/mol. The smallest absolute Gasteiger partial charge is 0.306 e. The molecular formula is C11H20N2O4. The van der Waals surface area contributed by atoms with Crippen LogP contribution < -0.4 is 10.6 Å². The van der Waals surface area contributed by atoms with Gasteiger partial charge in [-0.3, -0.25) is 9.59 Å². The average molecular weight is 244 g/mol. The van der Waals surface area contributed by atoms with Gasteiger partial charge in [0.05, 0.1) is 17.9 Å². The van der Waals surface area contributed by atoms with Gasteiger partial charge >= 0.3 is 5.97 Å². The quantitative estimate of drug-likeness (QED) is 0.514. The summed E-state index contributed by atoms with van der Waals surface area (Å²) in [6, 6.07) is 0. The minimum absolute atomic E-state index is 0.0331. The van der Waals surface area contributed by atoms with Crippen LogP contribution in [0.3, 0.4) is 0 Å². The van der Waals surface area contributed by atoms with Gasteiger partial charge in [-0.25, -0.2) is 0 Å². The molecule has 0 aromatic heterocycles. The lowest BCUT2D eigenvalue weighted by atomic mass is 9.97. The van der Waals surface area contributed by atoms with Crippen LogP contribution in [0.1, 0.15) is 26.2 Å². The zero-order valence-electron chi connectivity index (χ0n) is 10.0. The molecule has 1 aliphatic heterocycles. The molecule has 0 saturated carbocycles. The Labute approximate surface area is 100 Å². The first-order valence-electron chi connectivity index (χ1n) is 5.83. The SMILES string of the molecule is CC(O)(CNC(=O)[C@H]1CCCNC1)CC(=O)O. The third-order valence-corrected chi connectivity index (χ3v) is 2.84. The molecule has 1 fully saturated rings. The molecule has 1 saturated heterocycles. The van der Waals surface area contributed by atoms with E-state index >= 15 is 0 Å². The van der Waals surface area contributed by atoms with Crippen LogP contribution in [-0.4, -0.2) is 47.3 Å². The Morgan fingerprint density at radius 1 is 1.53 bits per heavy atom. The van der Waals surface area contributed by atoms with Crippen LogP contribution in [0.15, 0.2) is 0 Å². The second kappa shape index (κ2) is 5.97. The summed E-state index contributed by atoms with van der Waals surface area (Å²) >= 11 is 0. The number of amides is 1. The predicted octanol–water partition coefficient (Wildman–Crippen LogP) is -0.672. The Morgan fingerprint density at radius 2 is 2.24 bits per heavy atom. The molecule has 1 rings (SSSR count). The number of hydrogen-bond acceptors (Lipinski definition) is 4. The summed E-state index contributed by atoms with van der Waals surface area (Å²) in [6.45, 7) is 2.95. The molecule has 1 aliphatic rings. The molecule has 1 amide bonds. The molecule has 98 valence electrons. The van der Waals surface area contributed by atoms with Crippen molar-refractivity contribution in [3.05, 3.63) is 0 Å². The topological polar surface area (TPSA) is 98.7 Å². The summed E-state index contributed by atoms with van der Waals surface area (Å²) in [5.74, 6) is -1.28. The summed E-state index contributed by atoms with van der Waals surface area (Å²) in [5, 5.41) is 24.0. The van der Waals surface area contributed by atoms with E-state index in [9.17, 15) is 14.7 Å². The average Bonchev–Trinajstić information content (AvgIpc) is 2.25. The van der Waals surface area contributed by atoms with Crippen LogP contribution in [0.25, 0.3) is 0 Å². The van der Waals surface area contributed by atoms with Crippen molar-refractivity contribution >= 4 is 11.9 Å². The fraction of sp³-hybridized carbons (Fsp3) is 0.818. The van der Waals surface area contributed by atoms with E-state index in [1.807, 2.05) is 0 Å². The zero-order valence-corrected chi connectivity index (χ0v) is 10.0. The number of carbonyl (C=O) groups excluding carboxylic acids is 1. The monoisotopic (exact) mass is 244 g/mol. The first-order chi connectivity index (χ1) is 7.91. The Morgan fingerprint density at radius 3 is 2.76 bits per heavy atom. The van der Waals surface area contributed by atoms with Gasteiger partial charge in [0.1, 0.15) is 0 Å². The summed E-state index contributed by atoms with van der Waals surface area (Å²) in [6.07, 6.45) is 1.42. The van der Waals surface area contributed by atoms with Gasteiger partial charge in [0, 0.05) is 13.1 Å². The van der Waals surface area contributed by atoms with Gasteiger partial charge in [-0.2, -0.15) is 0 Å². The molecule has 0 aromatic carbocycles. The van der Waals surface area contributed by atoms with E-state index in [1.165, 1.54) is 6.92 Å². The maximum Gasteiger partial charge on any atom is 0.306 e. The largest absolute Gasteiger partial charge is 0.481 e. The Kier molecular flexibility index (Phi) is 4.89. The Balaban J connectivity index is 2.33. The van der Waals surface area contributed by atoms with Crippen LogP contribution >= 0.6 is 0 Å². The van der Waals surface area contributed by atoms with Crippen LogP contribution in [0.4, 0.5) is 0 Å². The summed E-state index contributed by atoms with van der Waals surface area (Å²) in [5.41, 5.74) is -1.40. The van der Waals surface area contributed by atoms with Crippen LogP contribution in [-0.2, 0) is 9.59 Å². The van der Waals surface area contributed by atoms with E-state index in [0.29, 0.717) is 6.54 Å². The van der Waals surface area contributed by atoms with Crippen molar-refractivity contribution in [1.82, 2.24) is 10.6 Å². The van der Waals surface area contributed by atoms with Gasteiger partial charge in [0.15, 0.2) is 0 Å². The van der Waals surface area contributed by atoms with Gasteiger partial charge in [-0.15, -0.1) is 0 Å². The number of carbonyl (C=O) groups is 2. The molecule has 0 bridgehead atoms. The standard InChI is InChI=1S/C11H20N2O4/c1-11(17,5-9(14)15)7-13-10(16)8-3-2-4-12-6-8/h8,12,17H,2-7H2,1H3,(H,13,16)(H,14,15)/t8-,11?/m0/s1. The highest BCUT2D eigenvalue weighted by Crippen LogP contribution is 2.11. The lowest BCUT2D eigenvalue weighted by molar-refractivity contribution is -0.142. The van der Waals surface area contributed by atoms with Crippen molar-refractivity contribution in [3.63, 3.8) is 0 Å². The molecule has 1 unspecified atom stereocenters. The number of carboxylic acid groups (broad SMARTS) is 1. The van der Waals surface area contributed by atoms with Crippen LogP contribution in [0.2, 0.25) is 0 Å². The van der Waals surface area contributed by atoms with Crippen molar-refractivity contribution in [3.8, 4) is 0 Å². The Bertz CT molecular complexity index is 285. The highest BCUT2D eigenvalue weighted by Gasteiger charge is 2.27. The van der Waals surface area contributed by atoms with Gasteiger partial charge in [0.2, 0.25) is 5.91 Å². The third-order valence-electron chi connectivity index (χ3n) is 2.84. The van der Waals surface area contributed by atoms with E-state index in [2.05, 4.69) is 10.6 Å². The van der Waals surface area contributed by atoms with Crippen molar-refractivity contribution in [2.75, 3.05) is 19.6 Å². The first kappa shape index (κ1) is 13.9. The third kappa shape index (κ3) is 5.14. The normalized spacial score (nSPS) is 23.8. The van der Waals surface area contributed by atoms with Crippen molar-refractivity contribution in [1.29, 1.82) is 0 Å². The maximum absolute atomic E-state index is 11.7. The Hall–Kier alpha value is -1.14. The summed E-state index contributed by atoms with van der Waals surface area (Å²) in [4.78, 5) is 22.2. The van der Waals surface area contributed by atoms with Crippen molar-refractivity contribution < 1.29 is 19.8 Å². The fourth-order valence-electron chi connectivity index (χ4n) is 1.89. The molecule has 4 N–H and O–H groups in total. The number of aliphatic carboxylic acids is 1. The molecule has 0 spiro atoms. The predicted molar refractivity (Wildman–Crippen MR) is 61.5 cm³/mol. The van der Waals surface area contributed by atoms with Gasteiger partial charge < -0.3 is 20.8 Å². The zero-order chi connectivity index (χ0) is 12.9. The fourth-order valence-corrected chi connectivity index (χ4v) is 1.89. The molecule has 17 heavy (non-hydrogen) atoms. The van der Waals surface area contributed by atoms with Crippen LogP contribution in [0.5, 0.6) is 0 Å². The maximum atomic E-state index is 11.7. The second-order valence-corrected chi connectivity index (χ2v) is 4.83. The van der Waals surface area contributed by atoms with E-state index in [1.54, 1.807) is 0 Å². The van der Waals surface area contributed by atoms with Gasteiger partial charge in [-0.05, 0) is 26.3 Å². The second-order valence-electron chi connectivity index (χ2n) is 4.83. The van der Waals surface area contributed by atoms with E-state index in [-0.39, 0.29) is 24.8 Å². The molecule has 0 radical (unpaired) electrons. The van der Waals surface area contributed by atoms with Gasteiger partial charge in [0.25, 0.3) is 0 Å². The highest BCUT2D eigenvalue weighted by atomic mass is 16.4. The number of nitrogens with one attached hydrogen (secondary N) is 2. The lowest BCUT2D eigenvalue weighted by Crippen LogP contribution is -2.46. The summed E-state index contributed by atoms with van der Waals surface area (Å²) < 4.78 is 0. The lowest BCUT2D eigenvalue weighted by Gasteiger charge is -2.25. The molecule has 1 heterocycles. The number of piperidine rings is 1.